The Hall–Kier alpha value is -0.510. The molecule has 4 aliphatic rings. The minimum atomic E-state index is -0.315. The number of Topliss-reactive ketones (excluding diaryl/α,β-unsaturated/α-hetero) is 1. The van der Waals surface area contributed by atoms with Gasteiger partial charge in [-0.25, -0.2) is 0 Å². The fourth-order valence-electron chi connectivity index (χ4n) is 4.07. The van der Waals surface area contributed by atoms with Crippen LogP contribution in [0.4, 0.5) is 0 Å². The molecule has 16 heavy (non-hydrogen) atoms. The Morgan fingerprint density at radius 2 is 1.94 bits per heavy atom. The molecule has 3 nitrogen and oxygen atoms in total. The molecule has 4 bridgehead atoms. The maximum atomic E-state index is 11.9. The van der Waals surface area contributed by atoms with Crippen LogP contribution in [0.3, 0.4) is 0 Å². The first-order valence-electron chi connectivity index (χ1n) is 5.98. The van der Waals surface area contributed by atoms with Crippen LogP contribution in [0.2, 0.25) is 0 Å². The smallest absolute Gasteiger partial charge is 0.316 e. The SMILES string of the molecule is O=C(CS)OC12CC3CC(C1)C(=O)C(C3)C2. The maximum Gasteiger partial charge on any atom is 0.316 e. The van der Waals surface area contributed by atoms with Gasteiger partial charge >= 0.3 is 5.97 Å². The van der Waals surface area contributed by atoms with Crippen molar-refractivity contribution < 1.29 is 14.3 Å². The van der Waals surface area contributed by atoms with Crippen molar-refractivity contribution in [2.24, 2.45) is 17.8 Å². The van der Waals surface area contributed by atoms with Gasteiger partial charge in [-0.3, -0.25) is 9.59 Å². The third-order valence-corrected chi connectivity index (χ3v) is 4.66. The first-order valence-corrected chi connectivity index (χ1v) is 6.61. The number of ketones is 1. The molecule has 0 heterocycles. The second-order valence-corrected chi connectivity index (χ2v) is 5.88. The van der Waals surface area contributed by atoms with E-state index in [-0.39, 0.29) is 29.2 Å². The molecule has 0 aromatic heterocycles. The predicted octanol–water partition coefficient (Wildman–Crippen LogP) is 1.61. The quantitative estimate of drug-likeness (QED) is 0.589. The van der Waals surface area contributed by atoms with Crippen molar-refractivity contribution in [2.45, 2.75) is 37.7 Å². The van der Waals surface area contributed by atoms with E-state index in [9.17, 15) is 9.59 Å². The largest absolute Gasteiger partial charge is 0.458 e. The standard InChI is InChI=1S/C12H16O3S/c13-10(6-16)15-12-3-7-1-8(4-12)11(14)9(2-7)5-12/h7-9,16H,1-6H2. The van der Waals surface area contributed by atoms with E-state index in [1.807, 2.05) is 0 Å². The Balaban J connectivity index is 1.83. The number of rotatable bonds is 2. The molecule has 0 spiro atoms. The first kappa shape index (κ1) is 10.6. The van der Waals surface area contributed by atoms with E-state index in [1.165, 1.54) is 0 Å². The zero-order chi connectivity index (χ0) is 11.3. The van der Waals surface area contributed by atoms with Gasteiger partial charge in [0.05, 0.1) is 5.75 Å². The van der Waals surface area contributed by atoms with Gasteiger partial charge in [0.2, 0.25) is 0 Å². The summed E-state index contributed by atoms with van der Waals surface area (Å²) in [6.07, 6.45) is 4.54. The second kappa shape index (κ2) is 3.49. The normalized spacial score (nSPS) is 44.8. The molecule has 0 amide bonds. The molecule has 88 valence electrons. The lowest BCUT2D eigenvalue weighted by Crippen LogP contribution is -2.56. The third-order valence-electron chi connectivity index (χ3n) is 4.40. The highest BCUT2D eigenvalue weighted by molar-refractivity contribution is 7.81. The van der Waals surface area contributed by atoms with Gasteiger partial charge in [0.25, 0.3) is 0 Å². The van der Waals surface area contributed by atoms with Crippen molar-refractivity contribution in [2.75, 3.05) is 5.75 Å². The minimum Gasteiger partial charge on any atom is -0.458 e. The van der Waals surface area contributed by atoms with Crippen LogP contribution in [0.1, 0.15) is 32.1 Å². The molecule has 0 radical (unpaired) electrons. The number of carbonyl (C=O) groups is 2. The Kier molecular flexibility index (Phi) is 2.32. The van der Waals surface area contributed by atoms with Crippen molar-refractivity contribution in [1.29, 1.82) is 0 Å². The summed E-state index contributed by atoms with van der Waals surface area (Å²) in [7, 11) is 0. The summed E-state index contributed by atoms with van der Waals surface area (Å²) in [6, 6.07) is 0. The van der Waals surface area contributed by atoms with Gasteiger partial charge in [0.15, 0.2) is 0 Å². The molecule has 2 atom stereocenters. The fraction of sp³-hybridized carbons (Fsp3) is 0.833. The van der Waals surface area contributed by atoms with Crippen LogP contribution in [-0.4, -0.2) is 23.1 Å². The summed E-state index contributed by atoms with van der Waals surface area (Å²) in [5.74, 6) is 1.25. The van der Waals surface area contributed by atoms with Crippen molar-refractivity contribution in [3.05, 3.63) is 0 Å². The number of carbonyl (C=O) groups excluding carboxylic acids is 2. The lowest BCUT2D eigenvalue weighted by Gasteiger charge is -2.54. The minimum absolute atomic E-state index is 0.135. The van der Waals surface area contributed by atoms with Gasteiger partial charge < -0.3 is 4.74 Å². The average molecular weight is 240 g/mol. The molecule has 4 heteroatoms. The Labute approximate surface area is 100 Å². The molecule has 0 aliphatic heterocycles. The molecule has 4 saturated carbocycles. The Morgan fingerprint density at radius 3 is 2.50 bits per heavy atom. The van der Waals surface area contributed by atoms with E-state index in [4.69, 9.17) is 4.74 Å². The zero-order valence-electron chi connectivity index (χ0n) is 9.15. The molecule has 4 aliphatic carbocycles. The summed E-state index contributed by atoms with van der Waals surface area (Å²) in [4.78, 5) is 23.3. The van der Waals surface area contributed by atoms with E-state index >= 15 is 0 Å². The van der Waals surface area contributed by atoms with E-state index in [0.29, 0.717) is 11.7 Å². The Morgan fingerprint density at radius 1 is 1.31 bits per heavy atom. The molecule has 0 aromatic carbocycles. The van der Waals surface area contributed by atoms with Gasteiger partial charge in [0.1, 0.15) is 11.4 Å². The van der Waals surface area contributed by atoms with E-state index in [1.54, 1.807) is 0 Å². The zero-order valence-corrected chi connectivity index (χ0v) is 10.0. The molecule has 0 saturated heterocycles. The van der Waals surface area contributed by atoms with Crippen LogP contribution >= 0.6 is 12.6 Å². The lowest BCUT2D eigenvalue weighted by molar-refractivity contribution is -0.187. The highest BCUT2D eigenvalue weighted by Gasteiger charge is 2.56. The molecule has 4 fully saturated rings. The van der Waals surface area contributed by atoms with Crippen LogP contribution < -0.4 is 0 Å². The van der Waals surface area contributed by atoms with Crippen LogP contribution in [0.5, 0.6) is 0 Å². The summed E-state index contributed by atoms with van der Waals surface area (Å²) < 4.78 is 5.58. The molecular weight excluding hydrogens is 224 g/mol. The third kappa shape index (κ3) is 1.50. The summed E-state index contributed by atoms with van der Waals surface area (Å²) in [5.41, 5.74) is -0.315. The molecule has 2 unspecified atom stereocenters. The first-order chi connectivity index (χ1) is 7.62. The number of esters is 1. The van der Waals surface area contributed by atoms with Gasteiger partial charge in [0, 0.05) is 11.8 Å². The fourth-order valence-corrected chi connectivity index (χ4v) is 4.14. The van der Waals surface area contributed by atoms with E-state index in [2.05, 4.69) is 12.6 Å². The summed E-state index contributed by atoms with van der Waals surface area (Å²) >= 11 is 3.94. The number of hydrogen-bond donors (Lipinski definition) is 1. The topological polar surface area (TPSA) is 43.4 Å². The second-order valence-electron chi connectivity index (χ2n) is 5.56. The van der Waals surface area contributed by atoms with E-state index < -0.39 is 0 Å². The molecule has 0 aromatic rings. The molecule has 4 rings (SSSR count). The predicted molar refractivity (Wildman–Crippen MR) is 61.2 cm³/mol. The Bertz CT molecular complexity index is 334. The number of ether oxygens (including phenoxy) is 1. The monoisotopic (exact) mass is 240 g/mol. The molecular formula is C12H16O3S. The lowest BCUT2D eigenvalue weighted by atomic mass is 9.53. The van der Waals surface area contributed by atoms with Crippen LogP contribution in [0.15, 0.2) is 0 Å². The summed E-state index contributed by atoms with van der Waals surface area (Å²) in [5, 5.41) is 0. The van der Waals surface area contributed by atoms with Crippen LogP contribution in [-0.2, 0) is 14.3 Å². The molecule has 0 N–H and O–H groups in total. The van der Waals surface area contributed by atoms with Crippen molar-refractivity contribution >= 4 is 24.4 Å². The highest BCUT2D eigenvalue weighted by atomic mass is 32.1. The van der Waals surface area contributed by atoms with E-state index in [0.717, 1.165) is 32.1 Å². The summed E-state index contributed by atoms with van der Waals surface area (Å²) in [6.45, 7) is 0. The number of thiol groups is 1. The maximum absolute atomic E-state index is 11.9. The van der Waals surface area contributed by atoms with Crippen LogP contribution in [0.25, 0.3) is 0 Å². The van der Waals surface area contributed by atoms with Gasteiger partial charge in [-0.15, -0.1) is 0 Å². The van der Waals surface area contributed by atoms with Crippen molar-refractivity contribution in [3.63, 3.8) is 0 Å². The van der Waals surface area contributed by atoms with Gasteiger partial charge in [-0.05, 0) is 38.0 Å². The van der Waals surface area contributed by atoms with Crippen molar-refractivity contribution in [1.82, 2.24) is 0 Å². The van der Waals surface area contributed by atoms with Crippen molar-refractivity contribution in [3.8, 4) is 0 Å². The average Bonchev–Trinajstić information content (AvgIpc) is 2.24. The number of hydrogen-bond acceptors (Lipinski definition) is 4. The highest BCUT2D eigenvalue weighted by Crippen LogP contribution is 2.55. The van der Waals surface area contributed by atoms with Gasteiger partial charge in [-0.2, -0.15) is 12.6 Å². The van der Waals surface area contributed by atoms with Crippen LogP contribution in [0, 0.1) is 17.8 Å². The van der Waals surface area contributed by atoms with Gasteiger partial charge in [-0.1, -0.05) is 0 Å².